The van der Waals surface area contributed by atoms with Crippen LogP contribution >= 0.6 is 11.6 Å². The van der Waals surface area contributed by atoms with Crippen LogP contribution in [0.3, 0.4) is 0 Å². The summed E-state index contributed by atoms with van der Waals surface area (Å²) in [5.74, 6) is 0.0500. The number of carbonyl (C=O) groups excluding carboxylic acids is 1. The van der Waals surface area contributed by atoms with E-state index in [1.54, 1.807) is 18.2 Å². The normalized spacial score (nSPS) is 9.80. The van der Waals surface area contributed by atoms with Crippen molar-refractivity contribution in [1.82, 2.24) is 0 Å². The molecule has 0 bridgehead atoms. The number of halogens is 1. The molecular weight excluding hydrogens is 216 g/mol. The molecule has 1 aromatic carbocycles. The molecule has 15 heavy (non-hydrogen) atoms. The monoisotopic (exact) mass is 228 g/mol. The van der Waals surface area contributed by atoms with Crippen molar-refractivity contribution in [2.24, 2.45) is 0 Å². The van der Waals surface area contributed by atoms with Crippen molar-refractivity contribution in [3.05, 3.63) is 28.8 Å². The molecule has 0 unspecified atom stereocenters. The summed E-state index contributed by atoms with van der Waals surface area (Å²) in [4.78, 5) is 11.5. The molecule has 1 rings (SSSR count). The fourth-order valence-corrected chi connectivity index (χ4v) is 1.27. The van der Waals surface area contributed by atoms with Gasteiger partial charge in [-0.25, -0.2) is 4.79 Å². The Hall–Kier alpha value is -1.22. The lowest BCUT2D eigenvalue weighted by Crippen LogP contribution is -2.07. The highest BCUT2D eigenvalue weighted by atomic mass is 35.5. The average Bonchev–Trinajstić information content (AvgIpc) is 2.25. The van der Waals surface area contributed by atoms with Crippen molar-refractivity contribution in [2.45, 2.75) is 13.3 Å². The number of benzene rings is 1. The number of hydrogen-bond acceptors (Lipinski definition) is 3. The number of carbonyl (C=O) groups is 1. The summed E-state index contributed by atoms with van der Waals surface area (Å²) in [6.07, 6.45) is 0.793. The second-order valence-corrected chi connectivity index (χ2v) is 3.42. The summed E-state index contributed by atoms with van der Waals surface area (Å²) < 4.78 is 10.0. The number of rotatable bonds is 4. The first-order valence-electron chi connectivity index (χ1n) is 4.69. The molecule has 0 heterocycles. The minimum absolute atomic E-state index is 0.384. The van der Waals surface area contributed by atoms with Crippen LogP contribution in [0.1, 0.15) is 23.7 Å². The lowest BCUT2D eigenvalue weighted by molar-refractivity contribution is 0.0501. The predicted octanol–water partition coefficient (Wildman–Crippen LogP) is 2.92. The van der Waals surface area contributed by atoms with Gasteiger partial charge < -0.3 is 9.47 Å². The Morgan fingerprint density at radius 3 is 2.80 bits per heavy atom. The minimum Gasteiger partial charge on any atom is -0.496 e. The van der Waals surface area contributed by atoms with E-state index in [9.17, 15) is 4.79 Å². The first kappa shape index (κ1) is 11.9. The summed E-state index contributed by atoms with van der Waals surface area (Å²) >= 11 is 5.77. The molecule has 0 atom stereocenters. The molecular formula is C11H13ClO3. The Kier molecular flexibility index (Phi) is 4.43. The topological polar surface area (TPSA) is 35.5 Å². The van der Waals surface area contributed by atoms with E-state index in [4.69, 9.17) is 21.1 Å². The van der Waals surface area contributed by atoms with Gasteiger partial charge in [-0.1, -0.05) is 18.5 Å². The van der Waals surface area contributed by atoms with Gasteiger partial charge in [0, 0.05) is 5.02 Å². The summed E-state index contributed by atoms with van der Waals surface area (Å²) in [6.45, 7) is 2.34. The van der Waals surface area contributed by atoms with Gasteiger partial charge in [-0.05, 0) is 24.6 Å². The molecule has 0 aromatic heterocycles. The maximum absolute atomic E-state index is 11.5. The Labute approximate surface area is 93.9 Å². The van der Waals surface area contributed by atoms with Crippen molar-refractivity contribution < 1.29 is 14.3 Å². The van der Waals surface area contributed by atoms with E-state index in [0.717, 1.165) is 6.42 Å². The highest BCUT2D eigenvalue weighted by Gasteiger charge is 2.13. The van der Waals surface area contributed by atoms with Crippen LogP contribution < -0.4 is 4.74 Å². The van der Waals surface area contributed by atoms with Gasteiger partial charge in [0.2, 0.25) is 0 Å². The standard InChI is InChI=1S/C11H13ClO3/c1-3-6-15-11(13)9-5-4-8(12)7-10(9)14-2/h4-5,7H,3,6H2,1-2H3. The van der Waals surface area contributed by atoms with Gasteiger partial charge in [-0.15, -0.1) is 0 Å². The van der Waals surface area contributed by atoms with E-state index in [1.165, 1.54) is 7.11 Å². The first-order chi connectivity index (χ1) is 7.19. The van der Waals surface area contributed by atoms with Crippen molar-refractivity contribution in [3.63, 3.8) is 0 Å². The molecule has 0 N–H and O–H groups in total. The highest BCUT2D eigenvalue weighted by molar-refractivity contribution is 6.30. The predicted molar refractivity (Wildman–Crippen MR) is 58.6 cm³/mol. The lowest BCUT2D eigenvalue weighted by atomic mass is 10.2. The fraction of sp³-hybridized carbons (Fsp3) is 0.364. The maximum Gasteiger partial charge on any atom is 0.341 e. The van der Waals surface area contributed by atoms with Crippen LogP contribution in [-0.4, -0.2) is 19.7 Å². The first-order valence-corrected chi connectivity index (χ1v) is 5.07. The molecule has 3 nitrogen and oxygen atoms in total. The van der Waals surface area contributed by atoms with Gasteiger partial charge in [0.25, 0.3) is 0 Å². The van der Waals surface area contributed by atoms with Crippen LogP contribution in [0.5, 0.6) is 5.75 Å². The summed E-state index contributed by atoms with van der Waals surface area (Å²) in [5.41, 5.74) is 0.398. The molecule has 0 aliphatic carbocycles. The van der Waals surface area contributed by atoms with E-state index in [1.807, 2.05) is 6.92 Å². The fourth-order valence-electron chi connectivity index (χ4n) is 1.11. The van der Waals surface area contributed by atoms with Crippen LogP contribution in [0, 0.1) is 0 Å². The summed E-state index contributed by atoms with van der Waals surface area (Å²) in [6, 6.07) is 4.82. The second kappa shape index (κ2) is 5.61. The molecule has 0 aliphatic heterocycles. The van der Waals surface area contributed by atoms with E-state index in [0.29, 0.717) is 22.9 Å². The third kappa shape index (κ3) is 3.13. The number of esters is 1. The molecule has 4 heteroatoms. The van der Waals surface area contributed by atoms with Gasteiger partial charge >= 0.3 is 5.97 Å². The van der Waals surface area contributed by atoms with Crippen LogP contribution in [0.15, 0.2) is 18.2 Å². The lowest BCUT2D eigenvalue weighted by Gasteiger charge is -2.08. The van der Waals surface area contributed by atoms with Gasteiger partial charge in [-0.2, -0.15) is 0 Å². The number of methoxy groups -OCH3 is 1. The quantitative estimate of drug-likeness (QED) is 0.744. The third-order valence-corrected chi connectivity index (χ3v) is 2.06. The zero-order valence-corrected chi connectivity index (χ0v) is 9.50. The van der Waals surface area contributed by atoms with Gasteiger partial charge in [0.1, 0.15) is 11.3 Å². The Morgan fingerprint density at radius 1 is 1.47 bits per heavy atom. The van der Waals surface area contributed by atoms with Gasteiger partial charge in [0.05, 0.1) is 13.7 Å². The second-order valence-electron chi connectivity index (χ2n) is 2.98. The number of ether oxygens (including phenoxy) is 2. The van der Waals surface area contributed by atoms with Crippen molar-refractivity contribution >= 4 is 17.6 Å². The molecule has 0 radical (unpaired) electrons. The van der Waals surface area contributed by atoms with Crippen LogP contribution in [0.2, 0.25) is 5.02 Å². The zero-order valence-electron chi connectivity index (χ0n) is 8.75. The summed E-state index contributed by atoms with van der Waals surface area (Å²) in [7, 11) is 1.49. The SMILES string of the molecule is CCCOC(=O)c1ccc(Cl)cc1OC. The van der Waals surface area contributed by atoms with E-state index >= 15 is 0 Å². The largest absolute Gasteiger partial charge is 0.496 e. The van der Waals surface area contributed by atoms with E-state index in [-0.39, 0.29) is 5.97 Å². The third-order valence-electron chi connectivity index (χ3n) is 1.82. The minimum atomic E-state index is -0.384. The Balaban J connectivity index is 2.87. The highest BCUT2D eigenvalue weighted by Crippen LogP contribution is 2.23. The average molecular weight is 229 g/mol. The smallest absolute Gasteiger partial charge is 0.341 e. The van der Waals surface area contributed by atoms with E-state index < -0.39 is 0 Å². The molecule has 0 saturated carbocycles. The molecule has 82 valence electrons. The van der Waals surface area contributed by atoms with Crippen molar-refractivity contribution in [1.29, 1.82) is 0 Å². The van der Waals surface area contributed by atoms with Crippen LogP contribution in [-0.2, 0) is 4.74 Å². The summed E-state index contributed by atoms with van der Waals surface area (Å²) in [5, 5.41) is 0.527. The zero-order chi connectivity index (χ0) is 11.3. The van der Waals surface area contributed by atoms with Gasteiger partial charge in [-0.3, -0.25) is 0 Å². The molecule has 0 amide bonds. The van der Waals surface area contributed by atoms with Gasteiger partial charge in [0.15, 0.2) is 0 Å². The van der Waals surface area contributed by atoms with Crippen LogP contribution in [0.4, 0.5) is 0 Å². The molecule has 0 fully saturated rings. The Morgan fingerprint density at radius 2 is 2.20 bits per heavy atom. The van der Waals surface area contributed by atoms with Crippen molar-refractivity contribution in [2.75, 3.05) is 13.7 Å². The molecule has 1 aromatic rings. The molecule has 0 saturated heterocycles. The maximum atomic E-state index is 11.5. The molecule has 0 aliphatic rings. The molecule has 0 spiro atoms. The number of hydrogen-bond donors (Lipinski definition) is 0. The van der Waals surface area contributed by atoms with Crippen molar-refractivity contribution in [3.8, 4) is 5.75 Å². The Bertz CT molecular complexity index is 350. The van der Waals surface area contributed by atoms with E-state index in [2.05, 4.69) is 0 Å². The van der Waals surface area contributed by atoms with Crippen LogP contribution in [0.25, 0.3) is 0 Å².